The Morgan fingerprint density at radius 2 is 2.04 bits per heavy atom. The molecule has 2 aliphatic rings. The minimum Gasteiger partial charge on any atom is -0.355 e. The average molecular weight is 338 g/mol. The van der Waals surface area contributed by atoms with E-state index in [1.165, 1.54) is 12.8 Å². The second kappa shape index (κ2) is 7.45. The van der Waals surface area contributed by atoms with Crippen LogP contribution in [-0.4, -0.2) is 60.3 Å². The smallest absolute Gasteiger partial charge is 0.223 e. The van der Waals surface area contributed by atoms with Crippen LogP contribution in [-0.2, 0) is 4.79 Å². The van der Waals surface area contributed by atoms with Crippen LogP contribution in [0, 0.1) is 5.92 Å². The zero-order valence-electron chi connectivity index (χ0n) is 13.5. The molecule has 1 aliphatic carbocycles. The molecular weight excluding hydrogens is 314 g/mol. The van der Waals surface area contributed by atoms with Crippen LogP contribution in [0.1, 0.15) is 25.7 Å². The minimum absolute atomic E-state index is 0.109. The van der Waals surface area contributed by atoms with Gasteiger partial charge in [0.05, 0.1) is 0 Å². The number of piperidine rings is 1. The molecule has 0 bridgehead atoms. The second-order valence-electron chi connectivity index (χ2n) is 6.48. The number of likely N-dealkylation sites (N-methyl/N-ethyl adjacent to an activating group) is 1. The molecular formula is C16H24ClN5O. The minimum atomic E-state index is 0.109. The molecule has 1 aromatic rings. The number of carbonyl (C=O) groups excluding carboxylic acids is 1. The molecule has 7 heteroatoms. The molecule has 1 saturated heterocycles. The van der Waals surface area contributed by atoms with E-state index in [0.29, 0.717) is 5.15 Å². The van der Waals surface area contributed by atoms with Crippen molar-refractivity contribution in [2.75, 3.05) is 38.1 Å². The normalized spacial score (nSPS) is 19.2. The number of amides is 1. The maximum Gasteiger partial charge on any atom is 0.223 e. The Kier molecular flexibility index (Phi) is 5.33. The Hall–Kier alpha value is -1.40. The van der Waals surface area contributed by atoms with Crippen molar-refractivity contribution in [2.45, 2.75) is 31.7 Å². The monoisotopic (exact) mass is 337 g/mol. The van der Waals surface area contributed by atoms with Gasteiger partial charge >= 0.3 is 0 Å². The van der Waals surface area contributed by atoms with Gasteiger partial charge in [0.1, 0.15) is 0 Å². The summed E-state index contributed by atoms with van der Waals surface area (Å²) in [6, 6.07) is 4.37. The molecule has 0 spiro atoms. The van der Waals surface area contributed by atoms with Gasteiger partial charge in [0.15, 0.2) is 11.0 Å². The third-order valence-electron chi connectivity index (χ3n) is 4.74. The van der Waals surface area contributed by atoms with Gasteiger partial charge in [-0.05, 0) is 44.9 Å². The van der Waals surface area contributed by atoms with Crippen LogP contribution >= 0.6 is 11.6 Å². The first-order chi connectivity index (χ1) is 11.1. The molecule has 0 unspecified atom stereocenters. The van der Waals surface area contributed by atoms with Crippen LogP contribution < -0.4 is 10.2 Å². The van der Waals surface area contributed by atoms with Gasteiger partial charge in [-0.3, -0.25) is 4.79 Å². The summed E-state index contributed by atoms with van der Waals surface area (Å²) in [5.74, 6) is 1.13. The van der Waals surface area contributed by atoms with E-state index in [1.54, 1.807) is 6.07 Å². The highest BCUT2D eigenvalue weighted by Gasteiger charge is 2.27. The van der Waals surface area contributed by atoms with Crippen LogP contribution in [0.3, 0.4) is 0 Å². The maximum atomic E-state index is 12.3. The Bertz CT molecular complexity index is 526. The third-order valence-corrected chi connectivity index (χ3v) is 4.94. The van der Waals surface area contributed by atoms with Gasteiger partial charge in [-0.25, -0.2) is 0 Å². The number of hydrogen-bond donors (Lipinski definition) is 1. The SMILES string of the molecule is CN(CCNC(=O)C1CCN(c2ccc(Cl)nn2)CC1)C1CC1. The van der Waals surface area contributed by atoms with Crippen molar-refractivity contribution in [3.63, 3.8) is 0 Å². The molecule has 0 radical (unpaired) electrons. The Balaban J connectivity index is 1.39. The summed E-state index contributed by atoms with van der Waals surface area (Å²) >= 11 is 5.76. The van der Waals surface area contributed by atoms with E-state index in [4.69, 9.17) is 11.6 Å². The lowest BCUT2D eigenvalue weighted by Crippen LogP contribution is -2.42. The third kappa shape index (κ3) is 4.54. The predicted octanol–water partition coefficient (Wildman–Crippen LogP) is 1.56. The predicted molar refractivity (Wildman–Crippen MR) is 90.6 cm³/mol. The molecule has 1 amide bonds. The van der Waals surface area contributed by atoms with E-state index in [1.807, 2.05) is 6.07 Å². The van der Waals surface area contributed by atoms with Crippen molar-refractivity contribution >= 4 is 23.3 Å². The van der Waals surface area contributed by atoms with Crippen molar-refractivity contribution in [1.82, 2.24) is 20.4 Å². The van der Waals surface area contributed by atoms with E-state index in [9.17, 15) is 4.79 Å². The summed E-state index contributed by atoms with van der Waals surface area (Å²) < 4.78 is 0. The molecule has 23 heavy (non-hydrogen) atoms. The number of anilines is 1. The first-order valence-corrected chi connectivity index (χ1v) is 8.73. The number of nitrogens with one attached hydrogen (secondary N) is 1. The van der Waals surface area contributed by atoms with Crippen LogP contribution in [0.25, 0.3) is 0 Å². The molecule has 2 heterocycles. The molecule has 3 rings (SSSR count). The second-order valence-corrected chi connectivity index (χ2v) is 6.87. The Labute approximate surface area is 142 Å². The number of rotatable bonds is 6. The molecule has 0 aromatic carbocycles. The van der Waals surface area contributed by atoms with E-state index in [-0.39, 0.29) is 11.8 Å². The van der Waals surface area contributed by atoms with Crippen molar-refractivity contribution in [2.24, 2.45) is 5.92 Å². The van der Waals surface area contributed by atoms with Gasteiger partial charge in [-0.1, -0.05) is 11.6 Å². The number of halogens is 1. The highest BCUT2D eigenvalue weighted by molar-refractivity contribution is 6.29. The standard InChI is InChI=1S/C16H24ClN5O/c1-21(13-2-3-13)11-8-18-16(23)12-6-9-22(10-7-12)15-5-4-14(17)19-20-15/h4-5,12-13H,2-3,6-11H2,1H3,(H,18,23). The van der Waals surface area contributed by atoms with Gasteiger partial charge in [-0.15, -0.1) is 10.2 Å². The van der Waals surface area contributed by atoms with E-state index in [2.05, 4.69) is 32.4 Å². The average Bonchev–Trinajstić information content (AvgIpc) is 3.40. The summed E-state index contributed by atoms with van der Waals surface area (Å²) in [5, 5.41) is 11.5. The molecule has 1 saturated carbocycles. The van der Waals surface area contributed by atoms with Gasteiger partial charge in [0.2, 0.25) is 5.91 Å². The molecule has 2 fully saturated rings. The highest BCUT2D eigenvalue weighted by Crippen LogP contribution is 2.25. The Morgan fingerprint density at radius 1 is 1.30 bits per heavy atom. The molecule has 1 aromatic heterocycles. The summed E-state index contributed by atoms with van der Waals surface area (Å²) in [6.07, 6.45) is 4.32. The topological polar surface area (TPSA) is 61.4 Å². The van der Waals surface area contributed by atoms with Gasteiger partial charge < -0.3 is 15.1 Å². The summed E-state index contributed by atoms with van der Waals surface area (Å²) in [6.45, 7) is 3.34. The van der Waals surface area contributed by atoms with Crippen molar-refractivity contribution < 1.29 is 4.79 Å². The van der Waals surface area contributed by atoms with Gasteiger partial charge in [0.25, 0.3) is 0 Å². The number of hydrogen-bond acceptors (Lipinski definition) is 5. The van der Waals surface area contributed by atoms with E-state index < -0.39 is 0 Å². The van der Waals surface area contributed by atoms with Crippen molar-refractivity contribution in [1.29, 1.82) is 0 Å². The quantitative estimate of drug-likeness (QED) is 0.853. The molecule has 0 atom stereocenters. The zero-order valence-corrected chi connectivity index (χ0v) is 14.3. The van der Waals surface area contributed by atoms with Gasteiger partial charge in [-0.2, -0.15) is 0 Å². The van der Waals surface area contributed by atoms with Crippen molar-refractivity contribution in [3.05, 3.63) is 17.3 Å². The number of aromatic nitrogens is 2. The summed E-state index contributed by atoms with van der Waals surface area (Å²) in [5.41, 5.74) is 0. The Morgan fingerprint density at radius 3 is 2.65 bits per heavy atom. The molecule has 1 aliphatic heterocycles. The molecule has 126 valence electrons. The fourth-order valence-corrected chi connectivity index (χ4v) is 3.15. The van der Waals surface area contributed by atoms with Gasteiger partial charge in [0, 0.05) is 38.1 Å². The van der Waals surface area contributed by atoms with Crippen LogP contribution in [0.15, 0.2) is 12.1 Å². The number of nitrogens with zero attached hydrogens (tertiary/aromatic N) is 4. The lowest BCUT2D eigenvalue weighted by molar-refractivity contribution is -0.125. The lowest BCUT2D eigenvalue weighted by atomic mass is 9.96. The van der Waals surface area contributed by atoms with Crippen LogP contribution in [0.2, 0.25) is 5.15 Å². The first-order valence-electron chi connectivity index (χ1n) is 8.35. The largest absolute Gasteiger partial charge is 0.355 e. The summed E-state index contributed by atoms with van der Waals surface area (Å²) in [4.78, 5) is 16.8. The molecule has 6 nitrogen and oxygen atoms in total. The summed E-state index contributed by atoms with van der Waals surface area (Å²) in [7, 11) is 2.13. The molecule has 1 N–H and O–H groups in total. The maximum absolute atomic E-state index is 12.3. The van der Waals surface area contributed by atoms with Crippen LogP contribution in [0.5, 0.6) is 0 Å². The fraction of sp³-hybridized carbons (Fsp3) is 0.688. The fourth-order valence-electron chi connectivity index (χ4n) is 3.05. The highest BCUT2D eigenvalue weighted by atomic mass is 35.5. The van der Waals surface area contributed by atoms with Crippen molar-refractivity contribution in [3.8, 4) is 0 Å². The van der Waals surface area contributed by atoms with E-state index in [0.717, 1.165) is 50.9 Å². The van der Waals surface area contributed by atoms with E-state index >= 15 is 0 Å². The number of carbonyl (C=O) groups is 1. The lowest BCUT2D eigenvalue weighted by Gasteiger charge is -2.31. The zero-order chi connectivity index (χ0) is 16.2. The van der Waals surface area contributed by atoms with Crippen LogP contribution in [0.4, 0.5) is 5.82 Å². The first kappa shape index (κ1) is 16.5.